The van der Waals surface area contributed by atoms with E-state index >= 15 is 0 Å². The maximum Gasteiger partial charge on any atom is 0.328 e. The fourth-order valence-electron chi connectivity index (χ4n) is 1.78. The molecule has 2 rings (SSSR count). The number of nitrogens with two attached hydrogens (primary N) is 1. The van der Waals surface area contributed by atoms with Gasteiger partial charge in [0.25, 0.3) is 0 Å². The van der Waals surface area contributed by atoms with Crippen LogP contribution in [0, 0.1) is 0 Å². The van der Waals surface area contributed by atoms with Crippen LogP contribution in [-0.4, -0.2) is 11.1 Å². The average Bonchev–Trinajstić information content (AvgIpc) is 2.37. The van der Waals surface area contributed by atoms with Crippen molar-refractivity contribution in [2.75, 3.05) is 5.73 Å². The Bertz CT molecular complexity index is 588. The molecule has 0 amide bonds. The molecule has 0 saturated carbocycles. The first-order chi connectivity index (χ1) is 8.66. The van der Waals surface area contributed by atoms with Crippen LogP contribution in [0.3, 0.4) is 0 Å². The minimum atomic E-state index is -0.976. The molecule has 0 aliphatic rings. The van der Waals surface area contributed by atoms with Crippen molar-refractivity contribution >= 4 is 17.2 Å². The molecule has 0 heterocycles. The molecule has 0 aliphatic carbocycles. The Morgan fingerprint density at radius 1 is 1.00 bits per heavy atom. The minimum absolute atomic E-state index is 0.611. The van der Waals surface area contributed by atoms with E-state index in [0.717, 1.165) is 11.1 Å². The molecular weight excluding hydrogens is 226 g/mol. The van der Waals surface area contributed by atoms with Gasteiger partial charge in [-0.25, -0.2) is 4.79 Å². The summed E-state index contributed by atoms with van der Waals surface area (Å²) in [6, 6.07) is 16.6. The highest BCUT2D eigenvalue weighted by Gasteiger charge is 2.07. The number of hydrogen-bond acceptors (Lipinski definition) is 2. The average molecular weight is 239 g/mol. The van der Waals surface area contributed by atoms with Crippen molar-refractivity contribution in [3.63, 3.8) is 0 Å². The molecule has 3 N–H and O–H groups in total. The third-order valence-electron chi connectivity index (χ3n) is 2.55. The van der Waals surface area contributed by atoms with Gasteiger partial charge in [-0.3, -0.25) is 0 Å². The van der Waals surface area contributed by atoms with Gasteiger partial charge in [-0.15, -0.1) is 0 Å². The maximum atomic E-state index is 10.9. The van der Waals surface area contributed by atoms with Gasteiger partial charge in [0.05, 0.1) is 0 Å². The fourth-order valence-corrected chi connectivity index (χ4v) is 1.78. The summed E-state index contributed by atoms with van der Waals surface area (Å²) >= 11 is 0. The van der Waals surface area contributed by atoms with Crippen LogP contribution in [0.2, 0.25) is 0 Å². The van der Waals surface area contributed by atoms with Crippen LogP contribution in [0.25, 0.3) is 5.57 Å². The number of aliphatic carboxylic acids is 1. The molecule has 0 bridgehead atoms. The van der Waals surface area contributed by atoms with Crippen LogP contribution in [0.1, 0.15) is 11.1 Å². The summed E-state index contributed by atoms with van der Waals surface area (Å²) < 4.78 is 0. The van der Waals surface area contributed by atoms with Crippen molar-refractivity contribution in [3.05, 3.63) is 71.8 Å². The van der Waals surface area contributed by atoms with Crippen molar-refractivity contribution in [3.8, 4) is 0 Å². The number of nitrogen functional groups attached to an aromatic ring is 1. The highest BCUT2D eigenvalue weighted by atomic mass is 16.4. The molecule has 0 saturated heterocycles. The summed E-state index contributed by atoms with van der Waals surface area (Å²) in [6.45, 7) is 0. The highest BCUT2D eigenvalue weighted by molar-refractivity contribution is 5.95. The molecule has 2 aromatic carbocycles. The zero-order valence-corrected chi connectivity index (χ0v) is 9.71. The molecule has 0 atom stereocenters. The molecule has 0 unspecified atom stereocenters. The molecule has 0 aliphatic heterocycles. The molecule has 3 nitrogen and oxygen atoms in total. The van der Waals surface area contributed by atoms with Gasteiger partial charge in [0.2, 0.25) is 0 Å². The van der Waals surface area contributed by atoms with E-state index in [0.29, 0.717) is 11.3 Å². The Labute approximate surface area is 105 Å². The van der Waals surface area contributed by atoms with Gasteiger partial charge in [-0.1, -0.05) is 42.5 Å². The van der Waals surface area contributed by atoms with Gasteiger partial charge >= 0.3 is 5.97 Å². The van der Waals surface area contributed by atoms with E-state index in [2.05, 4.69) is 0 Å². The second-order valence-corrected chi connectivity index (χ2v) is 3.89. The predicted octanol–water partition coefficient (Wildman–Crippen LogP) is 2.79. The second kappa shape index (κ2) is 5.19. The maximum absolute atomic E-state index is 10.9. The van der Waals surface area contributed by atoms with Gasteiger partial charge in [0.1, 0.15) is 0 Å². The molecule has 0 aromatic heterocycles. The summed E-state index contributed by atoms with van der Waals surface area (Å²) in [5.74, 6) is -0.976. The normalized spacial score (nSPS) is 11.2. The van der Waals surface area contributed by atoms with Crippen LogP contribution in [0.5, 0.6) is 0 Å². The Morgan fingerprint density at radius 2 is 1.67 bits per heavy atom. The van der Waals surface area contributed by atoms with Gasteiger partial charge in [-0.2, -0.15) is 0 Å². The first-order valence-electron chi connectivity index (χ1n) is 5.53. The number of carbonyl (C=O) groups is 1. The smallest absolute Gasteiger partial charge is 0.328 e. The van der Waals surface area contributed by atoms with Gasteiger partial charge in [0.15, 0.2) is 0 Å². The minimum Gasteiger partial charge on any atom is -0.478 e. The van der Waals surface area contributed by atoms with Crippen molar-refractivity contribution in [2.45, 2.75) is 0 Å². The summed E-state index contributed by atoms with van der Waals surface area (Å²) in [5, 5.41) is 8.97. The largest absolute Gasteiger partial charge is 0.478 e. The van der Waals surface area contributed by atoms with E-state index in [9.17, 15) is 4.79 Å². The number of carboxylic acids is 1. The highest BCUT2D eigenvalue weighted by Crippen LogP contribution is 2.24. The standard InChI is InChI=1S/C15H13NO2/c16-13-8-4-7-12(9-13)14(10-15(17)18)11-5-2-1-3-6-11/h1-10H,16H2,(H,17,18)/b14-10-. The number of rotatable bonds is 3. The Morgan fingerprint density at radius 3 is 2.28 bits per heavy atom. The van der Waals surface area contributed by atoms with Crippen molar-refractivity contribution in [2.24, 2.45) is 0 Å². The molecule has 18 heavy (non-hydrogen) atoms. The molecule has 0 fully saturated rings. The fraction of sp³-hybridized carbons (Fsp3) is 0. The summed E-state index contributed by atoms with van der Waals surface area (Å²) in [5.41, 5.74) is 8.64. The van der Waals surface area contributed by atoms with E-state index in [1.807, 2.05) is 42.5 Å². The second-order valence-electron chi connectivity index (χ2n) is 3.89. The molecule has 3 heteroatoms. The van der Waals surface area contributed by atoms with E-state index < -0.39 is 5.97 Å². The van der Waals surface area contributed by atoms with Crippen LogP contribution >= 0.6 is 0 Å². The van der Waals surface area contributed by atoms with E-state index in [-0.39, 0.29) is 0 Å². The lowest BCUT2D eigenvalue weighted by atomic mass is 9.97. The number of hydrogen-bond donors (Lipinski definition) is 2. The van der Waals surface area contributed by atoms with Gasteiger partial charge in [0, 0.05) is 11.8 Å². The van der Waals surface area contributed by atoms with Crippen LogP contribution in [0.15, 0.2) is 60.7 Å². The van der Waals surface area contributed by atoms with Crippen LogP contribution in [-0.2, 0) is 4.79 Å². The third kappa shape index (κ3) is 2.77. The molecule has 2 aromatic rings. The summed E-state index contributed by atoms with van der Waals surface area (Å²) in [6.07, 6.45) is 1.20. The lowest BCUT2D eigenvalue weighted by molar-refractivity contribution is -0.131. The lowest BCUT2D eigenvalue weighted by Crippen LogP contribution is -1.95. The zero-order valence-electron chi connectivity index (χ0n) is 9.71. The summed E-state index contributed by atoms with van der Waals surface area (Å²) in [4.78, 5) is 10.9. The van der Waals surface area contributed by atoms with Crippen LogP contribution in [0.4, 0.5) is 5.69 Å². The number of benzene rings is 2. The quantitative estimate of drug-likeness (QED) is 0.639. The van der Waals surface area contributed by atoms with Gasteiger partial charge < -0.3 is 10.8 Å². The first-order valence-corrected chi connectivity index (χ1v) is 5.53. The molecular formula is C15H13NO2. The Kier molecular flexibility index (Phi) is 3.44. The van der Waals surface area contributed by atoms with E-state index in [1.165, 1.54) is 6.08 Å². The molecule has 0 spiro atoms. The van der Waals surface area contributed by atoms with E-state index in [4.69, 9.17) is 10.8 Å². The Hall–Kier alpha value is -2.55. The van der Waals surface area contributed by atoms with Crippen molar-refractivity contribution < 1.29 is 9.90 Å². The predicted molar refractivity (Wildman–Crippen MR) is 72.0 cm³/mol. The third-order valence-corrected chi connectivity index (χ3v) is 2.55. The first kappa shape index (κ1) is 11.9. The number of anilines is 1. The topological polar surface area (TPSA) is 63.3 Å². The summed E-state index contributed by atoms with van der Waals surface area (Å²) in [7, 11) is 0. The van der Waals surface area contributed by atoms with Crippen LogP contribution < -0.4 is 5.73 Å². The van der Waals surface area contributed by atoms with Crippen molar-refractivity contribution in [1.29, 1.82) is 0 Å². The zero-order chi connectivity index (χ0) is 13.0. The lowest BCUT2D eigenvalue weighted by Gasteiger charge is -2.08. The molecule has 90 valence electrons. The van der Waals surface area contributed by atoms with Gasteiger partial charge in [-0.05, 0) is 28.8 Å². The Balaban J connectivity index is 2.54. The SMILES string of the molecule is Nc1cccc(/C(=C\C(=O)O)c2ccccc2)c1. The monoisotopic (exact) mass is 239 g/mol. The molecule has 0 radical (unpaired) electrons. The number of carboxylic acid groups (broad SMARTS) is 1. The van der Waals surface area contributed by atoms with E-state index in [1.54, 1.807) is 12.1 Å². The van der Waals surface area contributed by atoms with Crippen molar-refractivity contribution in [1.82, 2.24) is 0 Å².